The van der Waals surface area contributed by atoms with Crippen LogP contribution in [0.4, 0.5) is 4.39 Å². The summed E-state index contributed by atoms with van der Waals surface area (Å²) in [7, 11) is 0. The lowest BCUT2D eigenvalue weighted by molar-refractivity contribution is 0.0990. The van der Waals surface area contributed by atoms with E-state index in [9.17, 15) is 9.18 Å². The summed E-state index contributed by atoms with van der Waals surface area (Å²) >= 11 is 0. The van der Waals surface area contributed by atoms with Gasteiger partial charge in [0.2, 0.25) is 5.82 Å². The van der Waals surface area contributed by atoms with E-state index in [0.29, 0.717) is 17.1 Å². The first-order valence-corrected chi connectivity index (χ1v) is 6.65. The zero-order valence-corrected chi connectivity index (χ0v) is 11.8. The van der Waals surface area contributed by atoms with Crippen molar-refractivity contribution in [1.82, 2.24) is 14.8 Å². The molecule has 3 aromatic rings. The van der Waals surface area contributed by atoms with Crippen LogP contribution in [0.15, 0.2) is 48.5 Å². The van der Waals surface area contributed by atoms with Crippen molar-refractivity contribution in [2.45, 2.75) is 6.92 Å². The number of nitrogens with zero attached hydrogens (tertiary/aromatic N) is 3. The molecular formula is C16H13FN4O. The fourth-order valence-electron chi connectivity index (χ4n) is 2.13. The molecule has 0 fully saturated rings. The summed E-state index contributed by atoms with van der Waals surface area (Å²) in [6, 6.07) is 13.9. The topological polar surface area (TPSA) is 73.8 Å². The van der Waals surface area contributed by atoms with E-state index in [1.165, 1.54) is 10.7 Å². The van der Waals surface area contributed by atoms with Crippen LogP contribution in [0.1, 0.15) is 16.2 Å². The predicted octanol–water partition coefficient (Wildman–Crippen LogP) is 2.48. The molecule has 0 aliphatic rings. The summed E-state index contributed by atoms with van der Waals surface area (Å²) in [5.41, 5.74) is 7.14. The molecule has 6 heteroatoms. The molecule has 0 spiro atoms. The molecule has 3 rings (SSSR count). The molecule has 1 aromatic heterocycles. The van der Waals surface area contributed by atoms with Gasteiger partial charge in [-0.05, 0) is 30.7 Å². The SMILES string of the molecule is Cc1cc(-n2nc(C(N)=O)nc2-c2ccccc2)ccc1F. The number of primary amides is 1. The van der Waals surface area contributed by atoms with Crippen LogP contribution in [0, 0.1) is 12.7 Å². The van der Waals surface area contributed by atoms with Crippen LogP contribution in [-0.2, 0) is 0 Å². The molecule has 0 atom stereocenters. The highest BCUT2D eigenvalue weighted by atomic mass is 19.1. The Morgan fingerprint density at radius 1 is 1.18 bits per heavy atom. The van der Waals surface area contributed by atoms with Crippen molar-refractivity contribution < 1.29 is 9.18 Å². The van der Waals surface area contributed by atoms with Gasteiger partial charge in [-0.25, -0.2) is 14.1 Å². The number of hydrogen-bond donors (Lipinski definition) is 1. The zero-order valence-electron chi connectivity index (χ0n) is 11.8. The third-order valence-corrected chi connectivity index (χ3v) is 3.25. The predicted molar refractivity (Wildman–Crippen MR) is 80.0 cm³/mol. The number of hydrogen-bond acceptors (Lipinski definition) is 3. The number of carbonyl (C=O) groups is 1. The van der Waals surface area contributed by atoms with Crippen LogP contribution < -0.4 is 5.73 Å². The minimum atomic E-state index is -0.713. The molecule has 1 heterocycles. The molecular weight excluding hydrogens is 283 g/mol. The molecule has 0 aliphatic carbocycles. The summed E-state index contributed by atoms with van der Waals surface area (Å²) in [6.45, 7) is 1.66. The molecule has 2 N–H and O–H groups in total. The summed E-state index contributed by atoms with van der Waals surface area (Å²) in [5.74, 6) is -0.628. The monoisotopic (exact) mass is 296 g/mol. The molecule has 0 unspecified atom stereocenters. The number of aromatic nitrogens is 3. The maximum atomic E-state index is 13.5. The Balaban J connectivity index is 2.21. The smallest absolute Gasteiger partial charge is 0.288 e. The van der Waals surface area contributed by atoms with Gasteiger partial charge in [-0.15, -0.1) is 5.10 Å². The first-order chi connectivity index (χ1) is 10.6. The molecule has 2 aromatic carbocycles. The van der Waals surface area contributed by atoms with Gasteiger partial charge < -0.3 is 5.73 Å². The second kappa shape index (κ2) is 5.40. The van der Waals surface area contributed by atoms with Crippen LogP contribution in [-0.4, -0.2) is 20.7 Å². The van der Waals surface area contributed by atoms with Gasteiger partial charge in [0.25, 0.3) is 5.91 Å². The van der Waals surface area contributed by atoms with E-state index < -0.39 is 5.91 Å². The number of benzene rings is 2. The lowest BCUT2D eigenvalue weighted by Crippen LogP contribution is -2.13. The second-order valence-corrected chi connectivity index (χ2v) is 4.83. The summed E-state index contributed by atoms with van der Waals surface area (Å²) in [4.78, 5) is 15.6. The first kappa shape index (κ1) is 13.9. The molecule has 0 bridgehead atoms. The fourth-order valence-corrected chi connectivity index (χ4v) is 2.13. The Morgan fingerprint density at radius 3 is 2.55 bits per heavy atom. The van der Waals surface area contributed by atoms with Crippen molar-refractivity contribution in [3.05, 3.63) is 65.7 Å². The van der Waals surface area contributed by atoms with Crippen LogP contribution in [0.2, 0.25) is 0 Å². The van der Waals surface area contributed by atoms with E-state index >= 15 is 0 Å². The highest BCUT2D eigenvalue weighted by Gasteiger charge is 2.17. The first-order valence-electron chi connectivity index (χ1n) is 6.65. The summed E-state index contributed by atoms with van der Waals surface area (Å²) in [6.07, 6.45) is 0. The number of carbonyl (C=O) groups excluding carboxylic acids is 1. The molecule has 110 valence electrons. The summed E-state index contributed by atoms with van der Waals surface area (Å²) < 4.78 is 14.9. The number of aryl methyl sites for hydroxylation is 1. The third-order valence-electron chi connectivity index (χ3n) is 3.25. The summed E-state index contributed by atoms with van der Waals surface area (Å²) in [5, 5.41) is 4.14. The normalized spacial score (nSPS) is 10.6. The number of amides is 1. The largest absolute Gasteiger partial charge is 0.363 e. The van der Waals surface area contributed by atoms with Crippen LogP contribution >= 0.6 is 0 Å². The van der Waals surface area contributed by atoms with E-state index in [1.54, 1.807) is 19.1 Å². The third kappa shape index (κ3) is 2.46. The highest BCUT2D eigenvalue weighted by molar-refractivity contribution is 5.89. The van der Waals surface area contributed by atoms with Gasteiger partial charge in [-0.1, -0.05) is 30.3 Å². The maximum absolute atomic E-state index is 13.5. The Labute approximate surface area is 126 Å². The average Bonchev–Trinajstić information content (AvgIpc) is 2.96. The fraction of sp³-hybridized carbons (Fsp3) is 0.0625. The molecule has 0 aliphatic heterocycles. The Bertz CT molecular complexity index is 843. The van der Waals surface area contributed by atoms with Crippen molar-refractivity contribution in [2.24, 2.45) is 5.73 Å². The van der Waals surface area contributed by atoms with Crippen LogP contribution in [0.5, 0.6) is 0 Å². The van der Waals surface area contributed by atoms with E-state index in [1.807, 2.05) is 30.3 Å². The Kier molecular flexibility index (Phi) is 3.42. The number of rotatable bonds is 3. The van der Waals surface area contributed by atoms with Gasteiger partial charge in [-0.2, -0.15) is 0 Å². The van der Waals surface area contributed by atoms with Gasteiger partial charge in [-0.3, -0.25) is 4.79 Å². The van der Waals surface area contributed by atoms with Gasteiger partial charge in [0.1, 0.15) is 5.82 Å². The Hall–Kier alpha value is -3.02. The van der Waals surface area contributed by atoms with E-state index in [4.69, 9.17) is 5.73 Å². The standard InChI is InChI=1S/C16H13FN4O/c1-10-9-12(7-8-13(10)17)21-16(11-5-3-2-4-6-11)19-15(20-21)14(18)22/h2-9H,1H3,(H2,18,22). The van der Waals surface area contributed by atoms with Gasteiger partial charge in [0, 0.05) is 5.56 Å². The van der Waals surface area contributed by atoms with Crippen molar-refractivity contribution in [2.75, 3.05) is 0 Å². The van der Waals surface area contributed by atoms with Crippen molar-refractivity contribution in [3.63, 3.8) is 0 Å². The molecule has 1 amide bonds. The number of nitrogens with two attached hydrogens (primary N) is 1. The molecule has 5 nitrogen and oxygen atoms in total. The van der Waals surface area contributed by atoms with Crippen LogP contribution in [0.25, 0.3) is 17.1 Å². The lowest BCUT2D eigenvalue weighted by Gasteiger charge is -2.07. The van der Waals surface area contributed by atoms with Gasteiger partial charge in [0.15, 0.2) is 5.82 Å². The minimum Gasteiger partial charge on any atom is -0.363 e. The van der Waals surface area contributed by atoms with Crippen molar-refractivity contribution in [1.29, 1.82) is 0 Å². The number of halogens is 1. The van der Waals surface area contributed by atoms with E-state index in [0.717, 1.165) is 5.56 Å². The average molecular weight is 296 g/mol. The molecule has 22 heavy (non-hydrogen) atoms. The van der Waals surface area contributed by atoms with Crippen molar-refractivity contribution >= 4 is 5.91 Å². The van der Waals surface area contributed by atoms with E-state index in [2.05, 4.69) is 10.1 Å². The van der Waals surface area contributed by atoms with Gasteiger partial charge >= 0.3 is 0 Å². The van der Waals surface area contributed by atoms with Crippen LogP contribution in [0.3, 0.4) is 0 Å². The quantitative estimate of drug-likeness (QED) is 0.807. The molecule has 0 radical (unpaired) electrons. The Morgan fingerprint density at radius 2 is 1.91 bits per heavy atom. The molecule has 0 saturated carbocycles. The second-order valence-electron chi connectivity index (χ2n) is 4.83. The van der Waals surface area contributed by atoms with Gasteiger partial charge in [0.05, 0.1) is 5.69 Å². The minimum absolute atomic E-state index is 0.0826. The lowest BCUT2D eigenvalue weighted by atomic mass is 10.2. The zero-order chi connectivity index (χ0) is 15.7. The maximum Gasteiger partial charge on any atom is 0.288 e. The molecule has 0 saturated heterocycles. The van der Waals surface area contributed by atoms with Crippen molar-refractivity contribution in [3.8, 4) is 17.1 Å². The highest BCUT2D eigenvalue weighted by Crippen LogP contribution is 2.22. The van der Waals surface area contributed by atoms with E-state index in [-0.39, 0.29) is 11.6 Å².